The third-order valence-corrected chi connectivity index (χ3v) is 2.26. The van der Waals surface area contributed by atoms with Gasteiger partial charge in [-0.25, -0.2) is 0 Å². The molecular formula is C14H21NO2. The van der Waals surface area contributed by atoms with E-state index in [1.54, 1.807) is 0 Å². The average molecular weight is 235 g/mol. The summed E-state index contributed by atoms with van der Waals surface area (Å²) in [5, 5.41) is 11.3. The molecular weight excluding hydrogens is 214 g/mol. The van der Waals surface area contributed by atoms with Crippen molar-refractivity contribution in [2.24, 2.45) is 5.92 Å². The summed E-state index contributed by atoms with van der Waals surface area (Å²) in [6.45, 7) is 8.93. The summed E-state index contributed by atoms with van der Waals surface area (Å²) in [6, 6.07) is 0. The molecule has 0 aromatic heterocycles. The Morgan fingerprint density at radius 2 is 2.12 bits per heavy atom. The van der Waals surface area contributed by atoms with E-state index in [-0.39, 0.29) is 18.4 Å². The molecule has 2 N–H and O–H groups in total. The first kappa shape index (κ1) is 15.4. The van der Waals surface area contributed by atoms with Crippen molar-refractivity contribution < 1.29 is 9.90 Å². The molecule has 1 unspecified atom stereocenters. The number of aliphatic hydroxyl groups is 1. The smallest absolute Gasteiger partial charge is 0.224 e. The Labute approximate surface area is 103 Å². The van der Waals surface area contributed by atoms with Crippen molar-refractivity contribution in [3.63, 3.8) is 0 Å². The van der Waals surface area contributed by atoms with Gasteiger partial charge in [0.25, 0.3) is 0 Å². The van der Waals surface area contributed by atoms with Crippen LogP contribution in [0.15, 0.2) is 49.1 Å². The minimum atomic E-state index is 0.140. The molecule has 1 aliphatic carbocycles. The van der Waals surface area contributed by atoms with E-state index in [1.807, 2.05) is 31.2 Å². The molecule has 1 atom stereocenters. The number of allylic oxidation sites excluding steroid dienone is 4. The van der Waals surface area contributed by atoms with E-state index in [9.17, 15) is 4.79 Å². The second-order valence-corrected chi connectivity index (χ2v) is 3.61. The standard InChI is InChI=1S/C8H10O.C4H7NO.C2H4/c9-7-8-5-3-1-2-4-6-8;1-3-2-5-4(3)6;1-2/h1,3-6,9H,2,7H2;3H,2H2,1H3,(H,5,6);1-2H2. The van der Waals surface area contributed by atoms with Gasteiger partial charge in [0.2, 0.25) is 5.91 Å². The highest BCUT2D eigenvalue weighted by Crippen LogP contribution is 2.02. The molecule has 1 aliphatic heterocycles. The lowest BCUT2D eigenvalue weighted by atomic mass is 10.1. The van der Waals surface area contributed by atoms with Crippen molar-refractivity contribution in [1.29, 1.82) is 0 Å². The van der Waals surface area contributed by atoms with Crippen LogP contribution in [-0.4, -0.2) is 24.2 Å². The van der Waals surface area contributed by atoms with E-state index in [2.05, 4.69) is 24.6 Å². The lowest BCUT2D eigenvalue weighted by Crippen LogP contribution is -2.46. The summed E-state index contributed by atoms with van der Waals surface area (Å²) >= 11 is 0. The van der Waals surface area contributed by atoms with Gasteiger partial charge >= 0.3 is 0 Å². The molecule has 3 nitrogen and oxygen atoms in total. The number of carbonyl (C=O) groups is 1. The van der Waals surface area contributed by atoms with Crippen LogP contribution in [0, 0.1) is 5.92 Å². The highest BCUT2D eigenvalue weighted by molar-refractivity contribution is 5.83. The number of aliphatic hydroxyl groups excluding tert-OH is 1. The van der Waals surface area contributed by atoms with Gasteiger partial charge in [0.15, 0.2) is 0 Å². The number of carbonyl (C=O) groups excluding carboxylic acids is 1. The zero-order valence-corrected chi connectivity index (χ0v) is 10.4. The Hall–Kier alpha value is -1.61. The molecule has 1 amide bonds. The fourth-order valence-electron chi connectivity index (χ4n) is 1.12. The van der Waals surface area contributed by atoms with Crippen LogP contribution in [0.2, 0.25) is 0 Å². The van der Waals surface area contributed by atoms with Crippen LogP contribution in [0.25, 0.3) is 0 Å². The van der Waals surface area contributed by atoms with E-state index in [1.165, 1.54) is 0 Å². The van der Waals surface area contributed by atoms with Gasteiger partial charge in [-0.05, 0) is 12.0 Å². The summed E-state index contributed by atoms with van der Waals surface area (Å²) in [5.41, 5.74) is 0.976. The highest BCUT2D eigenvalue weighted by Gasteiger charge is 2.20. The maximum Gasteiger partial charge on any atom is 0.224 e. The number of hydrogen-bond acceptors (Lipinski definition) is 2. The quantitative estimate of drug-likeness (QED) is 0.539. The molecule has 0 bridgehead atoms. The average Bonchev–Trinajstić information content (AvgIpc) is 2.68. The van der Waals surface area contributed by atoms with Crippen LogP contribution in [0.1, 0.15) is 13.3 Å². The van der Waals surface area contributed by atoms with E-state index < -0.39 is 0 Å². The van der Waals surface area contributed by atoms with Gasteiger partial charge in [-0.2, -0.15) is 0 Å². The van der Waals surface area contributed by atoms with Gasteiger partial charge in [0.1, 0.15) is 0 Å². The van der Waals surface area contributed by atoms with Gasteiger partial charge in [0.05, 0.1) is 12.5 Å². The van der Waals surface area contributed by atoms with E-state index in [0.29, 0.717) is 0 Å². The molecule has 1 heterocycles. The number of rotatable bonds is 1. The Bertz CT molecular complexity index is 316. The van der Waals surface area contributed by atoms with E-state index in [0.717, 1.165) is 18.5 Å². The topological polar surface area (TPSA) is 49.3 Å². The normalized spacial score (nSPS) is 20.5. The number of amides is 1. The van der Waals surface area contributed by atoms with Crippen molar-refractivity contribution in [2.45, 2.75) is 13.3 Å². The van der Waals surface area contributed by atoms with Crippen molar-refractivity contribution in [3.05, 3.63) is 49.1 Å². The Morgan fingerprint density at radius 3 is 2.53 bits per heavy atom. The molecule has 2 rings (SSSR count). The zero-order chi connectivity index (χ0) is 13.1. The Kier molecular flexibility index (Phi) is 8.69. The molecule has 1 saturated heterocycles. The minimum Gasteiger partial charge on any atom is -0.392 e. The summed E-state index contributed by atoms with van der Waals surface area (Å²) in [7, 11) is 0. The first-order valence-electron chi connectivity index (χ1n) is 5.65. The van der Waals surface area contributed by atoms with Crippen molar-refractivity contribution in [3.8, 4) is 0 Å². The van der Waals surface area contributed by atoms with Crippen LogP contribution in [0.3, 0.4) is 0 Å². The van der Waals surface area contributed by atoms with Crippen LogP contribution in [0.4, 0.5) is 0 Å². The maximum absolute atomic E-state index is 10.1. The van der Waals surface area contributed by atoms with Crippen molar-refractivity contribution in [1.82, 2.24) is 5.32 Å². The second-order valence-electron chi connectivity index (χ2n) is 3.61. The molecule has 1 fully saturated rings. The molecule has 0 aromatic rings. The first-order valence-corrected chi connectivity index (χ1v) is 5.65. The largest absolute Gasteiger partial charge is 0.392 e. The fourth-order valence-corrected chi connectivity index (χ4v) is 1.12. The SMILES string of the molecule is C=C.CC1CNC1=O.OCC1=CC=CCC=C1. The van der Waals surface area contributed by atoms with Crippen molar-refractivity contribution >= 4 is 5.91 Å². The monoisotopic (exact) mass is 235 g/mol. The third-order valence-electron chi connectivity index (χ3n) is 2.26. The molecule has 94 valence electrons. The summed E-state index contributed by atoms with van der Waals surface area (Å²) in [4.78, 5) is 10.1. The summed E-state index contributed by atoms with van der Waals surface area (Å²) in [5.74, 6) is 0.472. The summed E-state index contributed by atoms with van der Waals surface area (Å²) in [6.07, 6.45) is 10.9. The van der Waals surface area contributed by atoms with Crippen LogP contribution < -0.4 is 5.32 Å². The van der Waals surface area contributed by atoms with Gasteiger partial charge in [0, 0.05) is 6.54 Å². The fraction of sp³-hybridized carbons (Fsp3) is 0.357. The van der Waals surface area contributed by atoms with Crippen LogP contribution >= 0.6 is 0 Å². The predicted molar refractivity (Wildman–Crippen MR) is 71.5 cm³/mol. The predicted octanol–water partition coefficient (Wildman–Crippen LogP) is 1.98. The molecule has 2 aliphatic rings. The van der Waals surface area contributed by atoms with Gasteiger partial charge in [-0.15, -0.1) is 13.2 Å². The molecule has 0 radical (unpaired) electrons. The second kappa shape index (κ2) is 9.60. The molecule has 0 spiro atoms. The summed E-state index contributed by atoms with van der Waals surface area (Å²) < 4.78 is 0. The molecule has 17 heavy (non-hydrogen) atoms. The lowest BCUT2D eigenvalue weighted by Gasteiger charge is -2.20. The number of hydrogen-bond donors (Lipinski definition) is 2. The third kappa shape index (κ3) is 6.53. The van der Waals surface area contributed by atoms with Crippen LogP contribution in [-0.2, 0) is 4.79 Å². The number of nitrogens with one attached hydrogen (secondary N) is 1. The highest BCUT2D eigenvalue weighted by atomic mass is 16.3. The Morgan fingerprint density at radius 1 is 1.47 bits per heavy atom. The number of β-lactam (4-membered cyclic amide) rings is 1. The first-order chi connectivity index (χ1) is 8.24. The van der Waals surface area contributed by atoms with Gasteiger partial charge in [-0.1, -0.05) is 37.3 Å². The zero-order valence-electron chi connectivity index (χ0n) is 10.4. The van der Waals surface area contributed by atoms with E-state index in [4.69, 9.17) is 5.11 Å². The van der Waals surface area contributed by atoms with E-state index >= 15 is 0 Å². The lowest BCUT2D eigenvalue weighted by molar-refractivity contribution is -0.130. The van der Waals surface area contributed by atoms with Gasteiger partial charge < -0.3 is 10.4 Å². The van der Waals surface area contributed by atoms with Gasteiger partial charge in [-0.3, -0.25) is 4.79 Å². The van der Waals surface area contributed by atoms with Crippen LogP contribution in [0.5, 0.6) is 0 Å². The Balaban J connectivity index is 0.000000278. The minimum absolute atomic E-state index is 0.140. The maximum atomic E-state index is 10.1. The molecule has 3 heteroatoms. The van der Waals surface area contributed by atoms with Crippen molar-refractivity contribution in [2.75, 3.05) is 13.2 Å². The molecule has 0 aromatic carbocycles. The molecule has 0 saturated carbocycles.